The van der Waals surface area contributed by atoms with Crippen LogP contribution >= 0.6 is 11.3 Å². The SMILES string of the molecule is COc1cc(CO)ccc1OCc1cc(C(=O)O)sc1C. The summed E-state index contributed by atoms with van der Waals surface area (Å²) < 4.78 is 10.9. The molecule has 21 heavy (non-hydrogen) atoms. The molecule has 1 aromatic carbocycles. The largest absolute Gasteiger partial charge is 0.493 e. The summed E-state index contributed by atoms with van der Waals surface area (Å²) in [7, 11) is 1.53. The maximum Gasteiger partial charge on any atom is 0.345 e. The normalized spacial score (nSPS) is 10.4. The van der Waals surface area contributed by atoms with Crippen LogP contribution in [-0.4, -0.2) is 23.3 Å². The number of aliphatic hydroxyl groups excluding tert-OH is 1. The third kappa shape index (κ3) is 3.53. The Labute approximate surface area is 126 Å². The Morgan fingerprint density at radius 1 is 1.29 bits per heavy atom. The zero-order valence-electron chi connectivity index (χ0n) is 11.8. The first-order valence-electron chi connectivity index (χ1n) is 6.28. The van der Waals surface area contributed by atoms with Crippen molar-refractivity contribution in [2.45, 2.75) is 20.1 Å². The molecule has 0 bridgehead atoms. The summed E-state index contributed by atoms with van der Waals surface area (Å²) in [5.41, 5.74) is 1.57. The molecule has 112 valence electrons. The van der Waals surface area contributed by atoms with Crippen LogP contribution in [0.1, 0.15) is 25.7 Å². The fourth-order valence-corrected chi connectivity index (χ4v) is 2.72. The highest BCUT2D eigenvalue weighted by atomic mass is 32.1. The Balaban J connectivity index is 2.14. The molecule has 1 heterocycles. The molecule has 6 heteroatoms. The number of ether oxygens (including phenoxy) is 2. The number of carbonyl (C=O) groups is 1. The highest BCUT2D eigenvalue weighted by molar-refractivity contribution is 7.14. The van der Waals surface area contributed by atoms with Gasteiger partial charge in [0, 0.05) is 10.4 Å². The second-order valence-electron chi connectivity index (χ2n) is 4.43. The van der Waals surface area contributed by atoms with Gasteiger partial charge in [0.05, 0.1) is 13.7 Å². The van der Waals surface area contributed by atoms with E-state index in [0.717, 1.165) is 16.0 Å². The lowest BCUT2D eigenvalue weighted by Gasteiger charge is -2.11. The minimum absolute atomic E-state index is 0.0672. The highest BCUT2D eigenvalue weighted by Crippen LogP contribution is 2.30. The number of aliphatic hydroxyl groups is 1. The van der Waals surface area contributed by atoms with Gasteiger partial charge in [-0.3, -0.25) is 0 Å². The molecule has 2 N–H and O–H groups in total. The molecular formula is C15H16O5S. The summed E-state index contributed by atoms with van der Waals surface area (Å²) in [4.78, 5) is 12.2. The van der Waals surface area contributed by atoms with E-state index in [2.05, 4.69) is 0 Å². The van der Waals surface area contributed by atoms with Crippen LogP contribution in [0.5, 0.6) is 11.5 Å². The van der Waals surface area contributed by atoms with E-state index in [1.807, 2.05) is 6.92 Å². The number of methoxy groups -OCH3 is 1. The quantitative estimate of drug-likeness (QED) is 0.858. The highest BCUT2D eigenvalue weighted by Gasteiger charge is 2.12. The third-order valence-corrected chi connectivity index (χ3v) is 4.11. The van der Waals surface area contributed by atoms with Crippen LogP contribution in [0.25, 0.3) is 0 Å². The number of hydrogen-bond acceptors (Lipinski definition) is 5. The zero-order valence-corrected chi connectivity index (χ0v) is 12.6. The summed E-state index contributed by atoms with van der Waals surface area (Å²) in [5.74, 6) is 0.157. The van der Waals surface area contributed by atoms with Crippen molar-refractivity contribution in [1.29, 1.82) is 0 Å². The lowest BCUT2D eigenvalue weighted by molar-refractivity contribution is 0.0702. The van der Waals surface area contributed by atoms with Gasteiger partial charge in [-0.15, -0.1) is 11.3 Å². The molecular weight excluding hydrogens is 292 g/mol. The molecule has 5 nitrogen and oxygen atoms in total. The van der Waals surface area contributed by atoms with Gasteiger partial charge in [0.25, 0.3) is 0 Å². The zero-order chi connectivity index (χ0) is 15.4. The first-order chi connectivity index (χ1) is 10.0. The second kappa shape index (κ2) is 6.60. The van der Waals surface area contributed by atoms with Crippen molar-refractivity contribution in [3.63, 3.8) is 0 Å². The van der Waals surface area contributed by atoms with Crippen LogP contribution < -0.4 is 9.47 Å². The average molecular weight is 308 g/mol. The third-order valence-electron chi connectivity index (χ3n) is 3.03. The predicted octanol–water partition coefficient (Wildman–Crippen LogP) is 2.83. The van der Waals surface area contributed by atoms with E-state index in [9.17, 15) is 4.79 Å². The van der Waals surface area contributed by atoms with Crippen LogP contribution in [0.3, 0.4) is 0 Å². The lowest BCUT2D eigenvalue weighted by atomic mass is 10.2. The maximum atomic E-state index is 10.9. The molecule has 0 saturated carbocycles. The van der Waals surface area contributed by atoms with Gasteiger partial charge in [-0.2, -0.15) is 0 Å². The van der Waals surface area contributed by atoms with Crippen LogP contribution in [0.4, 0.5) is 0 Å². The molecule has 2 rings (SSSR count). The Morgan fingerprint density at radius 2 is 2.05 bits per heavy atom. The van der Waals surface area contributed by atoms with Gasteiger partial charge in [-0.05, 0) is 30.7 Å². The number of carboxylic acid groups (broad SMARTS) is 1. The van der Waals surface area contributed by atoms with Gasteiger partial charge in [0.15, 0.2) is 11.5 Å². The van der Waals surface area contributed by atoms with E-state index in [1.165, 1.54) is 18.4 Å². The van der Waals surface area contributed by atoms with Crippen LogP contribution in [0.15, 0.2) is 24.3 Å². The first kappa shape index (κ1) is 15.3. The van der Waals surface area contributed by atoms with Crippen molar-refractivity contribution in [3.05, 3.63) is 45.1 Å². The van der Waals surface area contributed by atoms with Crippen molar-refractivity contribution in [1.82, 2.24) is 0 Å². The molecule has 0 atom stereocenters. The number of carboxylic acids is 1. The molecule has 0 radical (unpaired) electrons. The molecule has 0 fully saturated rings. The van der Waals surface area contributed by atoms with E-state index in [1.54, 1.807) is 24.3 Å². The van der Waals surface area contributed by atoms with Crippen molar-refractivity contribution >= 4 is 17.3 Å². The smallest absolute Gasteiger partial charge is 0.345 e. The fraction of sp³-hybridized carbons (Fsp3) is 0.267. The Morgan fingerprint density at radius 3 is 2.62 bits per heavy atom. The van der Waals surface area contributed by atoms with E-state index < -0.39 is 5.97 Å². The number of rotatable bonds is 6. The van der Waals surface area contributed by atoms with Crippen LogP contribution in [0, 0.1) is 6.92 Å². The molecule has 1 aromatic heterocycles. The van der Waals surface area contributed by atoms with E-state index >= 15 is 0 Å². The van der Waals surface area contributed by atoms with Gasteiger partial charge in [0.2, 0.25) is 0 Å². The van der Waals surface area contributed by atoms with Crippen molar-refractivity contribution < 1.29 is 24.5 Å². The molecule has 0 aliphatic heterocycles. The van der Waals surface area contributed by atoms with Gasteiger partial charge in [0.1, 0.15) is 11.5 Å². The second-order valence-corrected chi connectivity index (χ2v) is 5.69. The molecule has 0 unspecified atom stereocenters. The number of benzene rings is 1. The summed E-state index contributed by atoms with van der Waals surface area (Å²) >= 11 is 1.23. The predicted molar refractivity (Wildman–Crippen MR) is 79.3 cm³/mol. The standard InChI is InChI=1S/C15H16O5S/c1-9-11(6-14(21-9)15(17)18)8-20-12-4-3-10(7-16)5-13(12)19-2/h3-6,16H,7-8H2,1-2H3,(H,17,18). The molecule has 0 aliphatic rings. The van der Waals surface area contributed by atoms with Crippen LogP contribution in [0.2, 0.25) is 0 Å². The van der Waals surface area contributed by atoms with Gasteiger partial charge >= 0.3 is 5.97 Å². The molecule has 0 spiro atoms. The monoisotopic (exact) mass is 308 g/mol. The summed E-state index contributed by atoms with van der Waals surface area (Å²) in [6, 6.07) is 6.81. The van der Waals surface area contributed by atoms with E-state index in [0.29, 0.717) is 16.4 Å². The molecule has 0 saturated heterocycles. The van der Waals surface area contributed by atoms with Crippen molar-refractivity contribution in [3.8, 4) is 11.5 Å². The molecule has 0 amide bonds. The molecule has 0 aliphatic carbocycles. The number of thiophene rings is 1. The lowest BCUT2D eigenvalue weighted by Crippen LogP contribution is -1.99. The number of hydrogen-bond donors (Lipinski definition) is 2. The first-order valence-corrected chi connectivity index (χ1v) is 7.10. The number of aryl methyl sites for hydroxylation is 1. The molecule has 2 aromatic rings. The maximum absolute atomic E-state index is 10.9. The van der Waals surface area contributed by atoms with Crippen molar-refractivity contribution in [2.24, 2.45) is 0 Å². The van der Waals surface area contributed by atoms with Gasteiger partial charge in [-0.25, -0.2) is 4.79 Å². The van der Waals surface area contributed by atoms with Gasteiger partial charge < -0.3 is 19.7 Å². The van der Waals surface area contributed by atoms with Crippen LogP contribution in [-0.2, 0) is 13.2 Å². The Kier molecular flexibility index (Phi) is 4.82. The van der Waals surface area contributed by atoms with E-state index in [-0.39, 0.29) is 13.2 Å². The summed E-state index contributed by atoms with van der Waals surface area (Å²) in [6.45, 7) is 2.06. The topological polar surface area (TPSA) is 76.0 Å². The van der Waals surface area contributed by atoms with E-state index in [4.69, 9.17) is 19.7 Å². The fourth-order valence-electron chi connectivity index (χ4n) is 1.85. The Bertz CT molecular complexity index is 648. The average Bonchev–Trinajstić information content (AvgIpc) is 2.86. The Hall–Kier alpha value is -2.05. The van der Waals surface area contributed by atoms with Gasteiger partial charge in [-0.1, -0.05) is 6.07 Å². The minimum Gasteiger partial charge on any atom is -0.493 e. The number of aromatic carboxylic acids is 1. The minimum atomic E-state index is -0.931. The summed E-state index contributed by atoms with van der Waals surface area (Å²) in [5, 5.41) is 18.1. The van der Waals surface area contributed by atoms with Crippen molar-refractivity contribution in [2.75, 3.05) is 7.11 Å². The summed E-state index contributed by atoms with van der Waals surface area (Å²) in [6.07, 6.45) is 0.